The lowest BCUT2D eigenvalue weighted by molar-refractivity contribution is 0.0560. The Bertz CT molecular complexity index is 187. The molecule has 0 saturated carbocycles. The summed E-state index contributed by atoms with van der Waals surface area (Å²) in [5, 5.41) is 4.69. The molecule has 0 saturated heterocycles. The Kier molecular flexibility index (Phi) is 3.97. The molecular formula is CN6O3. The third-order valence-electron chi connectivity index (χ3n) is 0.304. The van der Waals surface area contributed by atoms with Crippen LogP contribution in [-0.4, -0.2) is 6.16 Å². The second-order valence-electron chi connectivity index (χ2n) is 0.775. The predicted octanol–water partition coefficient (Wildman–Crippen LogP) is 1.59. The van der Waals surface area contributed by atoms with E-state index < -0.39 is 6.16 Å². The summed E-state index contributed by atoms with van der Waals surface area (Å²) in [6, 6.07) is 0. The summed E-state index contributed by atoms with van der Waals surface area (Å²) in [5.41, 5.74) is 15.1. The Morgan fingerprint density at radius 1 is 1.20 bits per heavy atom. The van der Waals surface area contributed by atoms with E-state index in [1.807, 2.05) is 0 Å². The van der Waals surface area contributed by atoms with Crippen LogP contribution in [0.2, 0.25) is 0 Å². The van der Waals surface area contributed by atoms with Crippen LogP contribution in [0.3, 0.4) is 0 Å². The van der Waals surface area contributed by atoms with Crippen molar-refractivity contribution in [2.45, 2.75) is 0 Å². The molecule has 0 spiro atoms. The van der Waals surface area contributed by atoms with Crippen molar-refractivity contribution in [3.8, 4) is 0 Å². The van der Waals surface area contributed by atoms with Crippen molar-refractivity contribution in [3.63, 3.8) is 0 Å². The first-order valence-electron chi connectivity index (χ1n) is 1.78. The normalized spacial score (nSPS) is 6.40. The lowest BCUT2D eigenvalue weighted by atomic mass is 11.4. The molecule has 0 unspecified atom stereocenters. The highest BCUT2D eigenvalue weighted by atomic mass is 16.9. The van der Waals surface area contributed by atoms with Crippen molar-refractivity contribution in [1.29, 1.82) is 0 Å². The van der Waals surface area contributed by atoms with Gasteiger partial charge in [-0.1, -0.05) is 0 Å². The van der Waals surface area contributed by atoms with E-state index >= 15 is 0 Å². The number of hydrogen-bond acceptors (Lipinski definition) is 5. The van der Waals surface area contributed by atoms with Gasteiger partial charge in [-0.2, -0.15) is 0 Å². The number of carbonyl (C=O) groups excluding carboxylic acids is 1. The molecule has 0 N–H and O–H groups in total. The summed E-state index contributed by atoms with van der Waals surface area (Å²) in [5.74, 6) is 0. The zero-order chi connectivity index (χ0) is 7.82. The van der Waals surface area contributed by atoms with Crippen LogP contribution < -0.4 is 0 Å². The van der Waals surface area contributed by atoms with Gasteiger partial charge in [-0.25, -0.2) is 4.79 Å². The van der Waals surface area contributed by atoms with Crippen LogP contribution in [0.5, 0.6) is 0 Å². The molecule has 0 aromatic heterocycles. The Labute approximate surface area is 53.3 Å². The molecular weight excluding hydrogens is 144 g/mol. The minimum absolute atomic E-state index is 1.39. The summed E-state index contributed by atoms with van der Waals surface area (Å²) < 4.78 is 0. The molecule has 0 aliphatic rings. The first kappa shape index (κ1) is 7.89. The molecule has 0 fully saturated rings. The smallest absolute Gasteiger partial charge is 0.325 e. The number of hydrogen-bond donors (Lipinski definition) is 0. The van der Waals surface area contributed by atoms with Gasteiger partial charge in [0.25, 0.3) is 0 Å². The van der Waals surface area contributed by atoms with Gasteiger partial charge in [0, 0.05) is 9.82 Å². The van der Waals surface area contributed by atoms with Crippen molar-refractivity contribution in [1.82, 2.24) is 0 Å². The number of nitrogens with zero attached hydrogens (tertiary/aromatic N) is 6. The van der Waals surface area contributed by atoms with Crippen LogP contribution >= 0.6 is 0 Å². The van der Waals surface area contributed by atoms with Crippen molar-refractivity contribution in [3.05, 3.63) is 20.9 Å². The van der Waals surface area contributed by atoms with E-state index in [1.54, 1.807) is 0 Å². The molecule has 0 radical (unpaired) electrons. The Morgan fingerprint density at radius 3 is 1.90 bits per heavy atom. The van der Waals surface area contributed by atoms with Gasteiger partial charge < -0.3 is 9.68 Å². The van der Waals surface area contributed by atoms with Crippen LogP contribution in [0.4, 0.5) is 4.79 Å². The van der Waals surface area contributed by atoms with E-state index in [-0.39, 0.29) is 0 Å². The van der Waals surface area contributed by atoms with Crippen LogP contribution in [0.1, 0.15) is 0 Å². The highest BCUT2D eigenvalue weighted by molar-refractivity contribution is 5.59. The predicted molar refractivity (Wildman–Crippen MR) is 25.9 cm³/mol. The minimum atomic E-state index is -1.39. The summed E-state index contributed by atoms with van der Waals surface area (Å²) in [4.78, 5) is 21.2. The van der Waals surface area contributed by atoms with Crippen LogP contribution in [0.15, 0.2) is 10.6 Å². The van der Waals surface area contributed by atoms with E-state index in [0.717, 1.165) is 0 Å². The molecule has 0 amide bonds. The van der Waals surface area contributed by atoms with Gasteiger partial charge in [0.1, 0.15) is 10.6 Å². The van der Waals surface area contributed by atoms with Gasteiger partial charge in [-0.05, 0) is 11.1 Å². The standard InChI is InChI=1S/CN6O3/c2-4-6-9-1(8)10-7-5-3. The SMILES string of the molecule is [N-]=[N+]=NOC(=O)ON=[N+]=[N-]. The zero-order valence-electron chi connectivity index (χ0n) is 4.41. The lowest BCUT2D eigenvalue weighted by Crippen LogP contribution is -1.95. The maximum Gasteiger partial charge on any atom is 0.532 e. The number of carbonyl (C=O) groups is 1. The van der Waals surface area contributed by atoms with Crippen LogP contribution in [-0.2, 0) is 9.68 Å². The molecule has 0 bridgehead atoms. The summed E-state index contributed by atoms with van der Waals surface area (Å²) >= 11 is 0. The summed E-state index contributed by atoms with van der Waals surface area (Å²) in [6.07, 6.45) is -1.39. The van der Waals surface area contributed by atoms with Gasteiger partial charge >= 0.3 is 6.16 Å². The molecule has 0 rings (SSSR count). The quantitative estimate of drug-likeness (QED) is 0.252. The van der Waals surface area contributed by atoms with Crippen molar-refractivity contribution in [2.24, 2.45) is 10.6 Å². The third-order valence-corrected chi connectivity index (χ3v) is 0.304. The lowest BCUT2D eigenvalue weighted by Gasteiger charge is -1.87. The van der Waals surface area contributed by atoms with E-state index in [9.17, 15) is 4.79 Å². The summed E-state index contributed by atoms with van der Waals surface area (Å²) in [7, 11) is 0. The van der Waals surface area contributed by atoms with Gasteiger partial charge in [-0.3, -0.25) is 0 Å². The monoisotopic (exact) mass is 144 g/mol. The van der Waals surface area contributed by atoms with Gasteiger partial charge in [-0.15, -0.1) is 0 Å². The van der Waals surface area contributed by atoms with Crippen LogP contribution in [0, 0.1) is 0 Å². The maximum absolute atomic E-state index is 9.99. The maximum atomic E-state index is 9.99. The molecule has 10 heavy (non-hydrogen) atoms. The average molecular weight is 144 g/mol. The molecule has 52 valence electrons. The topological polar surface area (TPSA) is 133 Å². The van der Waals surface area contributed by atoms with Crippen LogP contribution in [0.25, 0.3) is 20.9 Å². The number of rotatable bonds is 2. The van der Waals surface area contributed by atoms with E-state index in [2.05, 4.69) is 30.1 Å². The molecule has 0 atom stereocenters. The van der Waals surface area contributed by atoms with Gasteiger partial charge in [0.05, 0.1) is 0 Å². The molecule has 0 heterocycles. The van der Waals surface area contributed by atoms with Crippen molar-refractivity contribution in [2.75, 3.05) is 0 Å². The van der Waals surface area contributed by atoms with Crippen molar-refractivity contribution >= 4 is 6.16 Å². The van der Waals surface area contributed by atoms with Gasteiger partial charge in [0.2, 0.25) is 0 Å². The zero-order valence-corrected chi connectivity index (χ0v) is 4.41. The molecule has 9 heteroatoms. The van der Waals surface area contributed by atoms with E-state index in [0.29, 0.717) is 0 Å². The molecule has 0 aromatic carbocycles. The molecule has 0 aliphatic heterocycles. The highest BCUT2D eigenvalue weighted by Gasteiger charge is 1.98. The first-order valence-corrected chi connectivity index (χ1v) is 1.78. The second-order valence-corrected chi connectivity index (χ2v) is 0.775. The largest absolute Gasteiger partial charge is 0.532 e. The van der Waals surface area contributed by atoms with Gasteiger partial charge in [0.15, 0.2) is 0 Å². The first-order chi connectivity index (χ1) is 4.81. The summed E-state index contributed by atoms with van der Waals surface area (Å²) in [6.45, 7) is 0. The molecule has 0 aromatic rings. The molecule has 0 aliphatic carbocycles. The van der Waals surface area contributed by atoms with Crippen molar-refractivity contribution < 1.29 is 14.5 Å². The van der Waals surface area contributed by atoms with E-state index in [4.69, 9.17) is 11.1 Å². The Balaban J connectivity index is 3.63. The average Bonchev–Trinajstić information content (AvgIpc) is 1.97. The molecule has 9 nitrogen and oxygen atoms in total. The third kappa shape index (κ3) is 4.06. The fourth-order valence-corrected chi connectivity index (χ4v) is 0.120. The second kappa shape index (κ2) is 5.04. The Hall–Kier alpha value is -2.11. The highest BCUT2D eigenvalue weighted by Crippen LogP contribution is 1.86. The minimum Gasteiger partial charge on any atom is -0.325 e. The fourth-order valence-electron chi connectivity index (χ4n) is 0.120. The Morgan fingerprint density at radius 2 is 1.60 bits per heavy atom. The number of azide groups is 2. The van der Waals surface area contributed by atoms with E-state index in [1.165, 1.54) is 0 Å². The fraction of sp³-hybridized carbons (Fsp3) is 0.